The lowest BCUT2D eigenvalue weighted by molar-refractivity contribution is -0.138. The molecule has 1 aliphatic rings. The van der Waals surface area contributed by atoms with Gasteiger partial charge in [0.25, 0.3) is 0 Å². The molecule has 2 atom stereocenters. The summed E-state index contributed by atoms with van der Waals surface area (Å²) in [6.45, 7) is 14.2. The largest absolute Gasteiger partial charge is 0.444 e. The van der Waals surface area contributed by atoms with Crippen LogP contribution in [-0.4, -0.2) is 71.5 Å². The highest BCUT2D eigenvalue weighted by molar-refractivity contribution is 7.98. The first-order valence-corrected chi connectivity index (χ1v) is 15.6. The van der Waals surface area contributed by atoms with Crippen LogP contribution in [0.5, 0.6) is 0 Å². The zero-order valence-electron chi connectivity index (χ0n) is 25.3. The second-order valence-corrected chi connectivity index (χ2v) is 13.1. The average molecular weight is 577 g/mol. The molecule has 0 radical (unpaired) electrons. The number of alkyl carbamates (subject to hydrolysis) is 1. The second kappa shape index (κ2) is 15.3. The van der Waals surface area contributed by atoms with E-state index in [4.69, 9.17) is 4.74 Å². The van der Waals surface area contributed by atoms with Crippen LogP contribution in [0.2, 0.25) is 0 Å². The lowest BCUT2D eigenvalue weighted by Crippen LogP contribution is -2.54. The van der Waals surface area contributed by atoms with Crippen molar-refractivity contribution in [3.63, 3.8) is 0 Å². The highest BCUT2D eigenvalue weighted by Crippen LogP contribution is 2.21. The molecule has 0 bridgehead atoms. The third-order valence-electron chi connectivity index (χ3n) is 6.87. The standard InChI is InChI=1S/C30H48N4O5S/c1-19(2)21-9-11-23(12-10-21)31-27(36)25(20(3)4)33-26(35)22-13-16-34(17-14-22)28(37)24(15-18-40-8)32-29(38)39-30(5,6)7/h9-12,19-20,22,24-25H,13-18H2,1-8H3,(H,31,36)(H,32,38)(H,33,35). The predicted molar refractivity (Wildman–Crippen MR) is 161 cm³/mol. The minimum atomic E-state index is -0.684. The Kier molecular flexibility index (Phi) is 12.8. The maximum Gasteiger partial charge on any atom is 0.408 e. The summed E-state index contributed by atoms with van der Waals surface area (Å²) in [5.41, 5.74) is 1.22. The van der Waals surface area contributed by atoms with Gasteiger partial charge in [0, 0.05) is 24.7 Å². The first kappa shape index (κ1) is 33.5. The van der Waals surface area contributed by atoms with Gasteiger partial charge in [-0.3, -0.25) is 14.4 Å². The van der Waals surface area contributed by atoms with Gasteiger partial charge in [0.05, 0.1) is 0 Å². The van der Waals surface area contributed by atoms with E-state index in [9.17, 15) is 19.2 Å². The number of carbonyl (C=O) groups excluding carboxylic acids is 4. The molecule has 1 heterocycles. The zero-order chi connectivity index (χ0) is 30.0. The van der Waals surface area contributed by atoms with Crippen LogP contribution in [0.4, 0.5) is 10.5 Å². The van der Waals surface area contributed by atoms with Crippen molar-refractivity contribution in [1.82, 2.24) is 15.5 Å². The molecule has 0 spiro atoms. The molecule has 0 aliphatic carbocycles. The summed E-state index contributed by atoms with van der Waals surface area (Å²) >= 11 is 1.60. The molecular formula is C30H48N4O5S. The van der Waals surface area contributed by atoms with E-state index in [-0.39, 0.29) is 29.6 Å². The fourth-order valence-electron chi connectivity index (χ4n) is 4.50. The van der Waals surface area contributed by atoms with Crippen molar-refractivity contribution in [1.29, 1.82) is 0 Å². The minimum absolute atomic E-state index is 0.100. The van der Waals surface area contributed by atoms with E-state index in [1.165, 1.54) is 5.56 Å². The Bertz CT molecular complexity index is 998. The van der Waals surface area contributed by atoms with Crippen LogP contribution in [0.15, 0.2) is 24.3 Å². The Labute approximate surface area is 243 Å². The lowest BCUT2D eigenvalue weighted by Gasteiger charge is -2.34. The van der Waals surface area contributed by atoms with E-state index < -0.39 is 23.8 Å². The smallest absolute Gasteiger partial charge is 0.408 e. The van der Waals surface area contributed by atoms with Gasteiger partial charge >= 0.3 is 6.09 Å². The van der Waals surface area contributed by atoms with Gasteiger partial charge in [-0.05, 0) is 81.6 Å². The molecule has 9 nitrogen and oxygen atoms in total. The van der Waals surface area contributed by atoms with Gasteiger partial charge in [-0.1, -0.05) is 39.8 Å². The van der Waals surface area contributed by atoms with Gasteiger partial charge in [-0.25, -0.2) is 4.79 Å². The SMILES string of the molecule is CSCCC(NC(=O)OC(C)(C)C)C(=O)N1CCC(C(=O)NC(C(=O)Nc2ccc(C(C)C)cc2)C(C)C)CC1. The molecule has 2 rings (SSSR count). The first-order valence-electron chi connectivity index (χ1n) is 14.2. The third kappa shape index (κ3) is 10.7. The third-order valence-corrected chi connectivity index (χ3v) is 7.51. The number of rotatable bonds is 11. The van der Waals surface area contributed by atoms with Crippen LogP contribution >= 0.6 is 11.8 Å². The fourth-order valence-corrected chi connectivity index (χ4v) is 4.97. The minimum Gasteiger partial charge on any atom is -0.444 e. The highest BCUT2D eigenvalue weighted by atomic mass is 32.2. The van der Waals surface area contributed by atoms with Crippen LogP contribution in [0.1, 0.15) is 79.2 Å². The monoisotopic (exact) mass is 576 g/mol. The quantitative estimate of drug-likeness (QED) is 0.349. The van der Waals surface area contributed by atoms with Crippen LogP contribution in [-0.2, 0) is 19.1 Å². The van der Waals surface area contributed by atoms with Gasteiger partial charge in [0.15, 0.2) is 0 Å². The number of thioether (sulfide) groups is 1. The molecular weight excluding hydrogens is 528 g/mol. The van der Waals surface area contributed by atoms with E-state index in [2.05, 4.69) is 29.8 Å². The van der Waals surface area contributed by atoms with E-state index in [1.807, 2.05) is 44.4 Å². The number of hydrogen-bond donors (Lipinski definition) is 3. The van der Waals surface area contributed by atoms with Gasteiger partial charge < -0.3 is 25.6 Å². The van der Waals surface area contributed by atoms with E-state index in [0.717, 1.165) is 0 Å². The molecule has 0 saturated carbocycles. The summed E-state index contributed by atoms with van der Waals surface area (Å²) in [4.78, 5) is 53.5. The van der Waals surface area contributed by atoms with Crippen molar-refractivity contribution < 1.29 is 23.9 Å². The number of anilines is 1. The van der Waals surface area contributed by atoms with E-state index in [0.29, 0.717) is 49.7 Å². The van der Waals surface area contributed by atoms with Gasteiger partial charge in [-0.2, -0.15) is 11.8 Å². The summed E-state index contributed by atoms with van der Waals surface area (Å²) in [7, 11) is 0. The molecule has 224 valence electrons. The molecule has 1 saturated heterocycles. The molecule has 1 fully saturated rings. The zero-order valence-corrected chi connectivity index (χ0v) is 26.2. The summed E-state index contributed by atoms with van der Waals surface area (Å²) in [5.74, 6) is 0.118. The molecule has 1 aliphatic heterocycles. The number of piperidine rings is 1. The molecule has 2 unspecified atom stereocenters. The maximum atomic E-state index is 13.3. The average Bonchev–Trinajstić information content (AvgIpc) is 2.88. The maximum absolute atomic E-state index is 13.3. The topological polar surface area (TPSA) is 117 Å². The van der Waals surface area contributed by atoms with Crippen molar-refractivity contribution >= 4 is 41.3 Å². The molecule has 1 aromatic carbocycles. The summed E-state index contributed by atoms with van der Waals surface area (Å²) in [5, 5.41) is 8.60. The van der Waals surface area contributed by atoms with Crippen LogP contribution < -0.4 is 16.0 Å². The van der Waals surface area contributed by atoms with Crippen molar-refractivity contribution in [2.45, 2.75) is 91.3 Å². The number of nitrogens with zero attached hydrogens (tertiary/aromatic N) is 1. The highest BCUT2D eigenvalue weighted by Gasteiger charge is 2.34. The summed E-state index contributed by atoms with van der Waals surface area (Å²) < 4.78 is 5.35. The fraction of sp³-hybridized carbons (Fsp3) is 0.667. The number of nitrogens with one attached hydrogen (secondary N) is 3. The van der Waals surface area contributed by atoms with Crippen molar-refractivity contribution in [3.05, 3.63) is 29.8 Å². The predicted octanol–water partition coefficient (Wildman–Crippen LogP) is 4.77. The van der Waals surface area contributed by atoms with Crippen molar-refractivity contribution in [2.24, 2.45) is 11.8 Å². The van der Waals surface area contributed by atoms with Gasteiger partial charge in [0.2, 0.25) is 17.7 Å². The number of amides is 4. The molecule has 3 N–H and O–H groups in total. The van der Waals surface area contributed by atoms with Crippen LogP contribution in [0, 0.1) is 11.8 Å². The van der Waals surface area contributed by atoms with E-state index >= 15 is 0 Å². The molecule has 4 amide bonds. The first-order chi connectivity index (χ1) is 18.7. The summed E-state index contributed by atoms with van der Waals surface area (Å²) in [6.07, 6.45) is 2.80. The van der Waals surface area contributed by atoms with E-state index in [1.54, 1.807) is 37.4 Å². The number of hydrogen-bond acceptors (Lipinski definition) is 6. The van der Waals surface area contributed by atoms with Crippen LogP contribution in [0.3, 0.4) is 0 Å². The number of benzene rings is 1. The molecule has 0 aromatic heterocycles. The van der Waals surface area contributed by atoms with Crippen molar-refractivity contribution in [2.75, 3.05) is 30.4 Å². The number of ether oxygens (including phenoxy) is 1. The normalized spacial score (nSPS) is 15.9. The number of carbonyl (C=O) groups is 4. The number of likely N-dealkylation sites (tertiary alicyclic amines) is 1. The summed E-state index contributed by atoms with van der Waals surface area (Å²) in [6, 6.07) is 6.38. The molecule has 1 aromatic rings. The Morgan fingerprint density at radius 1 is 1.00 bits per heavy atom. The Hall–Kier alpha value is -2.75. The van der Waals surface area contributed by atoms with Crippen molar-refractivity contribution in [3.8, 4) is 0 Å². The Morgan fingerprint density at radius 3 is 2.10 bits per heavy atom. The Balaban J connectivity index is 1.95. The molecule has 40 heavy (non-hydrogen) atoms. The molecule has 10 heteroatoms. The van der Waals surface area contributed by atoms with Gasteiger partial charge in [0.1, 0.15) is 17.7 Å². The second-order valence-electron chi connectivity index (χ2n) is 12.1. The Morgan fingerprint density at radius 2 is 1.60 bits per heavy atom. The van der Waals surface area contributed by atoms with Crippen LogP contribution in [0.25, 0.3) is 0 Å². The van der Waals surface area contributed by atoms with Gasteiger partial charge in [-0.15, -0.1) is 0 Å². The lowest BCUT2D eigenvalue weighted by atomic mass is 9.93.